The molecule has 1 amide bonds. The lowest BCUT2D eigenvalue weighted by atomic mass is 10.2. The van der Waals surface area contributed by atoms with Gasteiger partial charge in [-0.25, -0.2) is 15.0 Å². The van der Waals surface area contributed by atoms with Gasteiger partial charge in [-0.3, -0.25) is 0 Å². The van der Waals surface area contributed by atoms with Gasteiger partial charge >= 0.3 is 12.1 Å². The summed E-state index contributed by atoms with van der Waals surface area (Å²) in [5, 5.41) is 3.83. The number of carbonyl (C=O) groups is 2. The Hall–Kier alpha value is -3.55. The Balaban J connectivity index is 2.09. The summed E-state index contributed by atoms with van der Waals surface area (Å²) in [5.74, 6) is 0.400. The Bertz CT molecular complexity index is 902. The van der Waals surface area contributed by atoms with Crippen LogP contribution in [-0.4, -0.2) is 38.1 Å². The molecule has 2 aromatic carbocycles. The van der Waals surface area contributed by atoms with Crippen LogP contribution in [0.2, 0.25) is 0 Å². The van der Waals surface area contributed by atoms with E-state index in [0.717, 1.165) is 0 Å². The zero-order chi connectivity index (χ0) is 21.4. The number of ether oxygens (including phenoxy) is 4. The predicted octanol–water partition coefficient (Wildman–Crippen LogP) is 3.78. The van der Waals surface area contributed by atoms with Crippen LogP contribution < -0.4 is 19.6 Å². The first-order valence-corrected chi connectivity index (χ1v) is 8.79. The number of carbonyl (C=O) groups excluding carboxylic acids is 2. The van der Waals surface area contributed by atoms with Gasteiger partial charge in [0, 0.05) is 0 Å². The third-order valence-electron chi connectivity index (χ3n) is 3.49. The number of amides is 1. The number of rotatable bonds is 6. The van der Waals surface area contributed by atoms with E-state index < -0.39 is 17.7 Å². The summed E-state index contributed by atoms with van der Waals surface area (Å²) in [6, 6.07) is 11.6. The summed E-state index contributed by atoms with van der Waals surface area (Å²) >= 11 is 0. The number of hydrazone groups is 1. The largest absolute Gasteiger partial charge is 0.496 e. The van der Waals surface area contributed by atoms with Crippen molar-refractivity contribution in [3.63, 3.8) is 0 Å². The van der Waals surface area contributed by atoms with Gasteiger partial charge in [0.05, 0.1) is 20.4 Å². The normalized spacial score (nSPS) is 11.1. The molecule has 1 N–H and O–H groups in total. The first-order chi connectivity index (χ1) is 13.7. The smallest absolute Gasteiger partial charge is 0.428 e. The maximum absolute atomic E-state index is 12.5. The van der Waals surface area contributed by atoms with Crippen LogP contribution in [0, 0.1) is 0 Å². The number of esters is 1. The fourth-order valence-electron chi connectivity index (χ4n) is 2.28. The van der Waals surface area contributed by atoms with Crippen molar-refractivity contribution in [2.24, 2.45) is 5.10 Å². The lowest BCUT2D eigenvalue weighted by Crippen LogP contribution is -2.29. The number of para-hydroxylation sites is 1. The van der Waals surface area contributed by atoms with Gasteiger partial charge in [0.1, 0.15) is 16.9 Å². The molecule has 0 aliphatic heterocycles. The van der Waals surface area contributed by atoms with E-state index in [1.807, 2.05) is 0 Å². The first kappa shape index (κ1) is 21.7. The van der Waals surface area contributed by atoms with Gasteiger partial charge in [0.25, 0.3) is 0 Å². The minimum absolute atomic E-state index is 0.237. The molecule has 29 heavy (non-hydrogen) atoms. The van der Waals surface area contributed by atoms with E-state index in [1.165, 1.54) is 20.4 Å². The lowest BCUT2D eigenvalue weighted by Gasteiger charge is -2.18. The SMILES string of the molecule is COc1cc(/C=N/NC(=O)OC(C)(C)C)ccc1OC(=O)c1ccccc1OC. The molecule has 8 heteroatoms. The van der Waals surface area contributed by atoms with Crippen LogP contribution in [-0.2, 0) is 4.74 Å². The number of nitrogens with one attached hydrogen (secondary N) is 1. The van der Waals surface area contributed by atoms with Gasteiger partial charge in [-0.05, 0) is 56.7 Å². The van der Waals surface area contributed by atoms with Crippen molar-refractivity contribution in [1.82, 2.24) is 5.43 Å². The molecule has 0 atom stereocenters. The molecule has 0 saturated carbocycles. The summed E-state index contributed by atoms with van der Waals surface area (Å²) in [4.78, 5) is 24.1. The maximum atomic E-state index is 12.5. The monoisotopic (exact) mass is 400 g/mol. The quantitative estimate of drug-likeness (QED) is 0.343. The second-order valence-electron chi connectivity index (χ2n) is 6.87. The third kappa shape index (κ3) is 6.53. The van der Waals surface area contributed by atoms with Gasteiger partial charge < -0.3 is 18.9 Å². The zero-order valence-corrected chi connectivity index (χ0v) is 17.0. The van der Waals surface area contributed by atoms with Crippen LogP contribution >= 0.6 is 0 Å². The molecule has 0 spiro atoms. The molecule has 0 bridgehead atoms. The molecular weight excluding hydrogens is 376 g/mol. The van der Waals surface area contributed by atoms with Gasteiger partial charge in [-0.15, -0.1) is 0 Å². The van der Waals surface area contributed by atoms with E-state index in [1.54, 1.807) is 63.2 Å². The van der Waals surface area contributed by atoms with Crippen LogP contribution in [0.5, 0.6) is 17.2 Å². The van der Waals surface area contributed by atoms with Crippen LogP contribution in [0.1, 0.15) is 36.7 Å². The van der Waals surface area contributed by atoms with Crippen LogP contribution in [0.15, 0.2) is 47.6 Å². The Kier molecular flexibility index (Phi) is 7.19. The number of hydrogen-bond donors (Lipinski definition) is 1. The molecule has 0 aliphatic carbocycles. The van der Waals surface area contributed by atoms with E-state index in [-0.39, 0.29) is 5.75 Å². The van der Waals surface area contributed by atoms with Gasteiger partial charge in [0.15, 0.2) is 11.5 Å². The topological polar surface area (TPSA) is 95.5 Å². The van der Waals surface area contributed by atoms with Crippen molar-refractivity contribution in [3.05, 3.63) is 53.6 Å². The fraction of sp³-hybridized carbons (Fsp3) is 0.286. The van der Waals surface area contributed by atoms with Crippen molar-refractivity contribution in [2.75, 3.05) is 14.2 Å². The molecule has 0 unspecified atom stereocenters. The van der Waals surface area contributed by atoms with Gasteiger partial charge in [0.2, 0.25) is 0 Å². The zero-order valence-electron chi connectivity index (χ0n) is 17.0. The van der Waals surface area contributed by atoms with Crippen molar-refractivity contribution >= 4 is 18.3 Å². The number of nitrogens with zero attached hydrogens (tertiary/aromatic N) is 1. The van der Waals surface area contributed by atoms with Crippen molar-refractivity contribution < 1.29 is 28.5 Å². The second kappa shape index (κ2) is 9.59. The summed E-state index contributed by atoms with van der Waals surface area (Å²) in [6.07, 6.45) is 0.751. The van der Waals surface area contributed by atoms with Gasteiger partial charge in [-0.2, -0.15) is 5.10 Å². The predicted molar refractivity (Wildman–Crippen MR) is 108 cm³/mol. The maximum Gasteiger partial charge on any atom is 0.428 e. The Labute approximate surface area is 169 Å². The molecule has 0 aromatic heterocycles. The minimum atomic E-state index is -0.664. The first-order valence-electron chi connectivity index (χ1n) is 8.79. The van der Waals surface area contributed by atoms with E-state index in [0.29, 0.717) is 22.6 Å². The molecule has 0 heterocycles. The molecule has 8 nitrogen and oxygen atoms in total. The van der Waals surface area contributed by atoms with E-state index >= 15 is 0 Å². The summed E-state index contributed by atoms with van der Waals surface area (Å²) in [6.45, 7) is 5.27. The summed E-state index contributed by atoms with van der Waals surface area (Å²) in [5.41, 5.74) is 2.58. The highest BCUT2D eigenvalue weighted by Gasteiger charge is 2.17. The molecule has 0 saturated heterocycles. The highest BCUT2D eigenvalue weighted by molar-refractivity contribution is 5.94. The minimum Gasteiger partial charge on any atom is -0.496 e. The molecule has 2 aromatic rings. The number of hydrogen-bond acceptors (Lipinski definition) is 7. The van der Waals surface area contributed by atoms with Gasteiger partial charge in [-0.1, -0.05) is 12.1 Å². The third-order valence-corrected chi connectivity index (χ3v) is 3.49. The van der Waals surface area contributed by atoms with E-state index in [4.69, 9.17) is 18.9 Å². The highest BCUT2D eigenvalue weighted by atomic mass is 16.6. The van der Waals surface area contributed by atoms with Crippen molar-refractivity contribution in [1.29, 1.82) is 0 Å². The Morgan fingerprint density at radius 2 is 1.66 bits per heavy atom. The van der Waals surface area contributed by atoms with Crippen LogP contribution in [0.25, 0.3) is 0 Å². The van der Waals surface area contributed by atoms with Crippen LogP contribution in [0.3, 0.4) is 0 Å². The van der Waals surface area contributed by atoms with Crippen LogP contribution in [0.4, 0.5) is 4.79 Å². The highest BCUT2D eigenvalue weighted by Crippen LogP contribution is 2.29. The number of methoxy groups -OCH3 is 2. The van der Waals surface area contributed by atoms with Crippen molar-refractivity contribution in [2.45, 2.75) is 26.4 Å². The molecule has 0 aliphatic rings. The molecule has 154 valence electrons. The second-order valence-corrected chi connectivity index (χ2v) is 6.87. The van der Waals surface area contributed by atoms with Crippen molar-refractivity contribution in [3.8, 4) is 17.2 Å². The van der Waals surface area contributed by atoms with E-state index in [2.05, 4.69) is 10.5 Å². The fourth-order valence-corrected chi connectivity index (χ4v) is 2.28. The molecule has 0 radical (unpaired) electrons. The molecule has 0 fully saturated rings. The Morgan fingerprint density at radius 1 is 0.966 bits per heavy atom. The average molecular weight is 400 g/mol. The Morgan fingerprint density at radius 3 is 2.31 bits per heavy atom. The molecule has 2 rings (SSSR count). The lowest BCUT2D eigenvalue weighted by molar-refractivity contribution is 0.0529. The molecular formula is C21H24N2O6. The van der Waals surface area contributed by atoms with E-state index in [9.17, 15) is 9.59 Å². The standard InChI is InChI=1S/C21H24N2O6/c1-21(2,3)29-20(25)23-22-13-14-10-11-17(18(12-14)27-5)28-19(24)15-8-6-7-9-16(15)26-4/h6-13H,1-5H3,(H,23,25)/b22-13+. The summed E-state index contributed by atoms with van der Waals surface area (Å²) in [7, 11) is 2.93. The number of benzene rings is 2. The summed E-state index contributed by atoms with van der Waals surface area (Å²) < 4.78 is 21.0. The average Bonchev–Trinajstić information content (AvgIpc) is 2.67.